The van der Waals surface area contributed by atoms with Gasteiger partial charge in [-0.25, -0.2) is 13.4 Å². The van der Waals surface area contributed by atoms with E-state index in [1.165, 1.54) is 16.1 Å². The van der Waals surface area contributed by atoms with Crippen LogP contribution >= 0.6 is 11.8 Å². The minimum Gasteiger partial charge on any atom is -0.325 e. The Balaban J connectivity index is 1.81. The quantitative estimate of drug-likeness (QED) is 0.468. The van der Waals surface area contributed by atoms with E-state index in [1.54, 1.807) is 18.2 Å². The molecule has 170 valence electrons. The van der Waals surface area contributed by atoms with E-state index in [9.17, 15) is 13.2 Å². The third-order valence-electron chi connectivity index (χ3n) is 5.29. The van der Waals surface area contributed by atoms with E-state index in [0.717, 1.165) is 27.2 Å². The zero-order chi connectivity index (χ0) is 23.5. The molecule has 0 aliphatic carbocycles. The van der Waals surface area contributed by atoms with E-state index in [0.29, 0.717) is 18.6 Å². The van der Waals surface area contributed by atoms with Crippen molar-refractivity contribution in [2.45, 2.75) is 49.8 Å². The number of hydrogen-bond donors (Lipinski definition) is 1. The van der Waals surface area contributed by atoms with Crippen molar-refractivity contribution >= 4 is 44.3 Å². The van der Waals surface area contributed by atoms with E-state index in [2.05, 4.69) is 10.3 Å². The molecule has 0 saturated carbocycles. The highest BCUT2D eigenvalue weighted by molar-refractivity contribution is 8.00. The number of sulfonamides is 1. The molecular formula is C24H29N3O3S2. The molecule has 1 amide bonds. The second kappa shape index (κ2) is 10.0. The highest BCUT2D eigenvalue weighted by atomic mass is 32.2. The van der Waals surface area contributed by atoms with Crippen LogP contribution in [0.1, 0.15) is 31.9 Å². The summed E-state index contributed by atoms with van der Waals surface area (Å²) in [6.45, 7) is 10.3. The first kappa shape index (κ1) is 24.2. The van der Waals surface area contributed by atoms with Crippen LogP contribution in [0, 0.1) is 13.8 Å². The van der Waals surface area contributed by atoms with E-state index in [1.807, 2.05) is 65.0 Å². The first-order chi connectivity index (χ1) is 15.1. The van der Waals surface area contributed by atoms with Crippen LogP contribution in [0.3, 0.4) is 0 Å². The van der Waals surface area contributed by atoms with Gasteiger partial charge >= 0.3 is 0 Å². The molecule has 0 aliphatic rings. The Hall–Kier alpha value is -2.42. The molecule has 1 aromatic heterocycles. The van der Waals surface area contributed by atoms with Gasteiger partial charge in [0.25, 0.3) is 0 Å². The van der Waals surface area contributed by atoms with Crippen molar-refractivity contribution < 1.29 is 13.2 Å². The zero-order valence-electron chi connectivity index (χ0n) is 19.0. The Morgan fingerprint density at radius 2 is 1.72 bits per heavy atom. The Kier molecular flexibility index (Phi) is 7.59. The number of thioether (sulfide) groups is 1. The van der Waals surface area contributed by atoms with Gasteiger partial charge in [0.05, 0.1) is 20.7 Å². The van der Waals surface area contributed by atoms with Crippen LogP contribution in [0.5, 0.6) is 0 Å². The number of pyridine rings is 1. The molecular weight excluding hydrogens is 442 g/mol. The second-order valence-corrected chi connectivity index (χ2v) is 11.0. The van der Waals surface area contributed by atoms with Crippen LogP contribution in [0.2, 0.25) is 0 Å². The molecule has 1 atom stereocenters. The minimum atomic E-state index is -3.53. The SMILES string of the molecule is CCN(CC)S(=O)(=O)c1ccc2nc(S[C@@H](C)C(=O)Nc3ccc(C)cc3)cc(C)c2c1. The van der Waals surface area contributed by atoms with Crippen LogP contribution in [0.15, 0.2) is 58.5 Å². The van der Waals surface area contributed by atoms with Crippen molar-refractivity contribution in [2.75, 3.05) is 18.4 Å². The lowest BCUT2D eigenvalue weighted by molar-refractivity contribution is -0.115. The van der Waals surface area contributed by atoms with Crippen molar-refractivity contribution in [1.29, 1.82) is 0 Å². The Morgan fingerprint density at radius 3 is 2.34 bits per heavy atom. The largest absolute Gasteiger partial charge is 0.325 e. The monoisotopic (exact) mass is 471 g/mol. The topological polar surface area (TPSA) is 79.4 Å². The molecule has 0 bridgehead atoms. The lowest BCUT2D eigenvalue weighted by Gasteiger charge is -2.19. The minimum absolute atomic E-state index is 0.0981. The number of hydrogen-bond acceptors (Lipinski definition) is 5. The maximum atomic E-state index is 12.9. The van der Waals surface area contributed by atoms with E-state index < -0.39 is 10.0 Å². The molecule has 0 unspecified atom stereocenters. The average molecular weight is 472 g/mol. The Morgan fingerprint density at radius 1 is 1.06 bits per heavy atom. The summed E-state index contributed by atoms with van der Waals surface area (Å²) in [7, 11) is -3.53. The summed E-state index contributed by atoms with van der Waals surface area (Å²) in [5.41, 5.74) is 3.52. The molecule has 2 aromatic carbocycles. The van der Waals surface area contributed by atoms with Gasteiger partial charge in [-0.2, -0.15) is 4.31 Å². The van der Waals surface area contributed by atoms with Crippen molar-refractivity contribution in [2.24, 2.45) is 0 Å². The molecule has 3 rings (SSSR count). The average Bonchev–Trinajstić information content (AvgIpc) is 2.75. The van der Waals surface area contributed by atoms with Gasteiger partial charge in [0.1, 0.15) is 0 Å². The number of amides is 1. The standard InChI is InChI=1S/C24H29N3O3S2/c1-6-27(7-2)32(29,30)20-12-13-22-21(15-20)17(4)14-23(26-22)31-18(5)24(28)25-19-10-8-16(3)9-11-19/h8-15,18H,6-7H2,1-5H3,(H,25,28)/t18-/m0/s1. The van der Waals surface area contributed by atoms with Gasteiger partial charge in [-0.05, 0) is 62.7 Å². The fourth-order valence-corrected chi connectivity index (χ4v) is 5.80. The third-order valence-corrected chi connectivity index (χ3v) is 8.36. The van der Waals surface area contributed by atoms with E-state index in [4.69, 9.17) is 0 Å². The smallest absolute Gasteiger partial charge is 0.243 e. The molecule has 8 heteroatoms. The number of aromatic nitrogens is 1. The zero-order valence-corrected chi connectivity index (χ0v) is 20.7. The lowest BCUT2D eigenvalue weighted by atomic mass is 10.1. The molecule has 1 N–H and O–H groups in total. The molecule has 0 saturated heterocycles. The van der Waals surface area contributed by atoms with Gasteiger partial charge in [0.2, 0.25) is 15.9 Å². The summed E-state index contributed by atoms with van der Waals surface area (Å²) in [5, 5.41) is 4.10. The number of nitrogens with zero attached hydrogens (tertiary/aromatic N) is 2. The van der Waals surface area contributed by atoms with Crippen molar-refractivity contribution in [3.05, 3.63) is 59.7 Å². The van der Waals surface area contributed by atoms with Crippen LogP contribution in [-0.4, -0.2) is 42.0 Å². The molecule has 6 nitrogen and oxygen atoms in total. The van der Waals surface area contributed by atoms with Crippen molar-refractivity contribution in [3.63, 3.8) is 0 Å². The van der Waals surface area contributed by atoms with Gasteiger partial charge in [-0.1, -0.05) is 43.3 Å². The number of benzene rings is 2. The van der Waals surface area contributed by atoms with Gasteiger partial charge in [0.15, 0.2) is 0 Å². The summed E-state index contributed by atoms with van der Waals surface area (Å²) in [6, 6.07) is 14.6. The predicted octanol–water partition coefficient (Wildman–Crippen LogP) is 5.00. The third kappa shape index (κ3) is 5.31. The molecule has 0 aliphatic heterocycles. The Bertz CT molecular complexity index is 1220. The number of anilines is 1. The summed E-state index contributed by atoms with van der Waals surface area (Å²) in [6.07, 6.45) is 0. The normalized spacial score (nSPS) is 12.8. The maximum absolute atomic E-state index is 12.9. The summed E-state index contributed by atoms with van der Waals surface area (Å²) >= 11 is 1.38. The molecule has 0 spiro atoms. The summed E-state index contributed by atoms with van der Waals surface area (Å²) < 4.78 is 27.2. The van der Waals surface area contributed by atoms with Crippen LogP contribution < -0.4 is 5.32 Å². The number of aryl methyl sites for hydroxylation is 2. The molecule has 0 fully saturated rings. The lowest BCUT2D eigenvalue weighted by Crippen LogP contribution is -2.30. The first-order valence-electron chi connectivity index (χ1n) is 10.6. The molecule has 0 radical (unpaired) electrons. The van der Waals surface area contributed by atoms with Crippen molar-refractivity contribution in [3.8, 4) is 0 Å². The van der Waals surface area contributed by atoms with Crippen molar-refractivity contribution in [1.82, 2.24) is 9.29 Å². The fourth-order valence-electron chi connectivity index (χ4n) is 3.39. The van der Waals surface area contributed by atoms with Gasteiger partial charge < -0.3 is 5.32 Å². The number of nitrogens with one attached hydrogen (secondary N) is 1. The summed E-state index contributed by atoms with van der Waals surface area (Å²) in [4.78, 5) is 17.5. The van der Waals surface area contributed by atoms with E-state index in [-0.39, 0.29) is 16.1 Å². The predicted molar refractivity (Wildman–Crippen MR) is 132 cm³/mol. The highest BCUT2D eigenvalue weighted by Gasteiger charge is 2.22. The molecule has 3 aromatic rings. The Labute approximate surface area is 194 Å². The van der Waals surface area contributed by atoms with Gasteiger partial charge in [-0.15, -0.1) is 0 Å². The van der Waals surface area contributed by atoms with E-state index >= 15 is 0 Å². The van der Waals surface area contributed by atoms with Crippen LogP contribution in [0.4, 0.5) is 5.69 Å². The first-order valence-corrected chi connectivity index (χ1v) is 12.9. The summed E-state index contributed by atoms with van der Waals surface area (Å²) in [5.74, 6) is -0.0981. The fraction of sp³-hybridized carbons (Fsp3) is 0.333. The number of fused-ring (bicyclic) bond motifs is 1. The van der Waals surface area contributed by atoms with Gasteiger partial charge in [0, 0.05) is 24.2 Å². The molecule has 32 heavy (non-hydrogen) atoms. The van der Waals surface area contributed by atoms with Crippen LogP contribution in [-0.2, 0) is 14.8 Å². The van der Waals surface area contributed by atoms with Crippen LogP contribution in [0.25, 0.3) is 10.9 Å². The second-order valence-electron chi connectivity index (χ2n) is 7.66. The maximum Gasteiger partial charge on any atom is 0.243 e. The number of rotatable bonds is 8. The highest BCUT2D eigenvalue weighted by Crippen LogP contribution is 2.29. The number of carbonyl (C=O) groups excluding carboxylic acids is 1. The number of carbonyl (C=O) groups is 1. The molecule has 1 heterocycles. The van der Waals surface area contributed by atoms with Gasteiger partial charge in [-0.3, -0.25) is 4.79 Å².